The van der Waals surface area contributed by atoms with Crippen LogP contribution in [0.1, 0.15) is 136 Å². The second-order valence-electron chi connectivity index (χ2n) is 7.88. The zero-order valence-electron chi connectivity index (χ0n) is 17.6. The van der Waals surface area contributed by atoms with Gasteiger partial charge in [0.2, 0.25) is 0 Å². The van der Waals surface area contributed by atoms with Crippen LogP contribution in [0.4, 0.5) is 0 Å². The predicted octanol–water partition coefficient (Wildman–Crippen LogP) is 8.36. The number of aliphatic hydroxyl groups excluding tert-OH is 1. The fourth-order valence-electron chi connectivity index (χ4n) is 3.41. The molecule has 0 saturated carbocycles. The first kappa shape index (κ1) is 24.7. The summed E-state index contributed by atoms with van der Waals surface area (Å²) in [5.41, 5.74) is 0. The molecule has 1 heteroatoms. The lowest BCUT2D eigenvalue weighted by Crippen LogP contribution is -2.01. The van der Waals surface area contributed by atoms with E-state index in [1.165, 1.54) is 109 Å². The van der Waals surface area contributed by atoms with Crippen LogP contribution in [-0.2, 0) is 0 Å². The minimum atomic E-state index is -0.209. The Morgan fingerprint density at radius 3 is 1.44 bits per heavy atom. The summed E-state index contributed by atoms with van der Waals surface area (Å²) in [6.07, 6.45) is 29.4. The maximum Gasteiger partial charge on any atom is 0.0720 e. The molecule has 0 radical (unpaired) electrons. The van der Waals surface area contributed by atoms with Crippen molar-refractivity contribution in [3.63, 3.8) is 0 Å². The summed E-state index contributed by atoms with van der Waals surface area (Å²) < 4.78 is 0. The summed E-state index contributed by atoms with van der Waals surface area (Å²) in [4.78, 5) is 0. The monoisotopic (exact) mass is 352 g/mol. The molecule has 0 heterocycles. The van der Waals surface area contributed by atoms with E-state index < -0.39 is 0 Å². The van der Waals surface area contributed by atoms with Crippen LogP contribution in [0, 0.1) is 0 Å². The van der Waals surface area contributed by atoms with Crippen LogP contribution in [0.2, 0.25) is 0 Å². The summed E-state index contributed by atoms with van der Waals surface area (Å²) in [5, 5.41) is 9.91. The van der Waals surface area contributed by atoms with Crippen LogP contribution in [0.25, 0.3) is 0 Å². The maximum absolute atomic E-state index is 9.91. The van der Waals surface area contributed by atoms with Gasteiger partial charge in [0.05, 0.1) is 6.10 Å². The molecule has 0 rings (SSSR count). The van der Waals surface area contributed by atoms with Gasteiger partial charge >= 0.3 is 0 Å². The van der Waals surface area contributed by atoms with E-state index >= 15 is 0 Å². The highest BCUT2D eigenvalue weighted by Gasteiger charge is 1.99. The standard InChI is InChI=1S/C24H48O/c1-3-5-7-9-10-11-12-13-14-15-16-17-19-21-23-24(25)22-20-18-8-6-4-2/h20,22,24-25H,3-19,21,23H2,1-2H3/b22-20+. The van der Waals surface area contributed by atoms with Gasteiger partial charge in [-0.2, -0.15) is 0 Å². The smallest absolute Gasteiger partial charge is 0.0720 e. The summed E-state index contributed by atoms with van der Waals surface area (Å²) in [5.74, 6) is 0. The third kappa shape index (κ3) is 21.7. The Morgan fingerprint density at radius 1 is 0.560 bits per heavy atom. The summed E-state index contributed by atoms with van der Waals surface area (Å²) >= 11 is 0. The Kier molecular flexibility index (Phi) is 21.5. The minimum absolute atomic E-state index is 0.209. The van der Waals surface area contributed by atoms with Crippen molar-refractivity contribution in [1.29, 1.82) is 0 Å². The number of rotatable bonds is 20. The van der Waals surface area contributed by atoms with Crippen LogP contribution in [-0.4, -0.2) is 11.2 Å². The number of hydrogen-bond acceptors (Lipinski definition) is 1. The maximum atomic E-state index is 9.91. The van der Waals surface area contributed by atoms with Gasteiger partial charge in [-0.15, -0.1) is 0 Å². The molecule has 1 atom stereocenters. The van der Waals surface area contributed by atoms with Gasteiger partial charge in [0.15, 0.2) is 0 Å². The van der Waals surface area contributed by atoms with Gasteiger partial charge in [0.25, 0.3) is 0 Å². The van der Waals surface area contributed by atoms with Crippen molar-refractivity contribution >= 4 is 0 Å². The van der Waals surface area contributed by atoms with Crippen LogP contribution in [0.5, 0.6) is 0 Å². The van der Waals surface area contributed by atoms with Crippen molar-refractivity contribution in [2.45, 2.75) is 142 Å². The lowest BCUT2D eigenvalue weighted by Gasteiger charge is -2.06. The van der Waals surface area contributed by atoms with Gasteiger partial charge in [-0.05, 0) is 19.3 Å². The quantitative estimate of drug-likeness (QED) is 0.172. The van der Waals surface area contributed by atoms with E-state index in [1.807, 2.05) is 6.08 Å². The van der Waals surface area contributed by atoms with E-state index in [0.717, 1.165) is 12.8 Å². The molecule has 1 nitrogen and oxygen atoms in total. The average molecular weight is 353 g/mol. The lowest BCUT2D eigenvalue weighted by molar-refractivity contribution is 0.207. The first-order valence-electron chi connectivity index (χ1n) is 11.7. The van der Waals surface area contributed by atoms with Crippen LogP contribution in [0.15, 0.2) is 12.2 Å². The molecule has 150 valence electrons. The van der Waals surface area contributed by atoms with Crippen molar-refractivity contribution < 1.29 is 5.11 Å². The minimum Gasteiger partial charge on any atom is -0.389 e. The molecule has 25 heavy (non-hydrogen) atoms. The number of hydrogen-bond donors (Lipinski definition) is 1. The second-order valence-corrected chi connectivity index (χ2v) is 7.88. The Morgan fingerprint density at radius 2 is 0.960 bits per heavy atom. The third-order valence-corrected chi connectivity index (χ3v) is 5.19. The van der Waals surface area contributed by atoms with Gasteiger partial charge < -0.3 is 5.11 Å². The Labute approximate surface area is 159 Å². The summed E-state index contributed by atoms with van der Waals surface area (Å²) in [7, 11) is 0. The molecule has 0 spiro atoms. The van der Waals surface area contributed by atoms with Crippen LogP contribution < -0.4 is 0 Å². The van der Waals surface area contributed by atoms with Gasteiger partial charge in [-0.25, -0.2) is 0 Å². The SMILES string of the molecule is CCCCC/C=C/C(O)CCCCCCCCCCCCCCCC. The Balaban J connectivity index is 3.15. The van der Waals surface area contributed by atoms with E-state index in [4.69, 9.17) is 0 Å². The summed E-state index contributed by atoms with van der Waals surface area (Å²) in [6, 6.07) is 0. The van der Waals surface area contributed by atoms with E-state index in [2.05, 4.69) is 19.9 Å². The number of allylic oxidation sites excluding steroid dienone is 1. The molecule has 0 aromatic rings. The van der Waals surface area contributed by atoms with Crippen molar-refractivity contribution in [2.75, 3.05) is 0 Å². The third-order valence-electron chi connectivity index (χ3n) is 5.19. The second kappa shape index (κ2) is 21.7. The van der Waals surface area contributed by atoms with Crippen molar-refractivity contribution in [3.8, 4) is 0 Å². The summed E-state index contributed by atoms with van der Waals surface area (Å²) in [6.45, 7) is 4.52. The molecule has 0 aliphatic rings. The van der Waals surface area contributed by atoms with Crippen molar-refractivity contribution in [2.24, 2.45) is 0 Å². The molecule has 0 aliphatic heterocycles. The number of aliphatic hydroxyl groups is 1. The molecule has 0 bridgehead atoms. The van der Waals surface area contributed by atoms with Gasteiger partial charge in [0.1, 0.15) is 0 Å². The normalized spacial score (nSPS) is 12.9. The van der Waals surface area contributed by atoms with E-state index in [9.17, 15) is 5.11 Å². The highest BCUT2D eigenvalue weighted by molar-refractivity contribution is 4.88. The highest BCUT2D eigenvalue weighted by atomic mass is 16.3. The van der Waals surface area contributed by atoms with Crippen molar-refractivity contribution in [1.82, 2.24) is 0 Å². The molecule has 1 unspecified atom stereocenters. The lowest BCUT2D eigenvalue weighted by atomic mass is 10.0. The molecule has 0 fully saturated rings. The van der Waals surface area contributed by atoms with E-state index in [-0.39, 0.29) is 6.10 Å². The zero-order valence-corrected chi connectivity index (χ0v) is 17.6. The first-order valence-corrected chi connectivity index (χ1v) is 11.7. The van der Waals surface area contributed by atoms with Gasteiger partial charge in [-0.3, -0.25) is 0 Å². The molecular formula is C24H48O. The van der Waals surface area contributed by atoms with E-state index in [0.29, 0.717) is 0 Å². The molecule has 0 aromatic heterocycles. The fourth-order valence-corrected chi connectivity index (χ4v) is 3.41. The number of unbranched alkanes of at least 4 members (excludes halogenated alkanes) is 16. The van der Waals surface area contributed by atoms with Crippen LogP contribution >= 0.6 is 0 Å². The Bertz CT molecular complexity index is 259. The predicted molar refractivity (Wildman–Crippen MR) is 114 cm³/mol. The zero-order chi connectivity index (χ0) is 18.4. The first-order chi connectivity index (χ1) is 12.3. The molecule has 0 aromatic carbocycles. The molecule has 0 saturated heterocycles. The average Bonchev–Trinajstić information content (AvgIpc) is 2.62. The topological polar surface area (TPSA) is 20.2 Å². The molecule has 0 aliphatic carbocycles. The Hall–Kier alpha value is -0.300. The largest absolute Gasteiger partial charge is 0.389 e. The van der Waals surface area contributed by atoms with Crippen LogP contribution in [0.3, 0.4) is 0 Å². The molecule has 1 N–H and O–H groups in total. The van der Waals surface area contributed by atoms with Gasteiger partial charge in [-0.1, -0.05) is 129 Å². The van der Waals surface area contributed by atoms with E-state index in [1.54, 1.807) is 0 Å². The van der Waals surface area contributed by atoms with Crippen molar-refractivity contribution in [3.05, 3.63) is 12.2 Å². The highest BCUT2D eigenvalue weighted by Crippen LogP contribution is 2.14. The fraction of sp³-hybridized carbons (Fsp3) is 0.917. The molecule has 0 amide bonds. The molecular weight excluding hydrogens is 304 g/mol. The van der Waals surface area contributed by atoms with Gasteiger partial charge in [0, 0.05) is 0 Å².